The monoisotopic (exact) mass is 208 g/mol. The molecule has 6 nitrogen and oxygen atoms in total. The van der Waals surface area contributed by atoms with Gasteiger partial charge in [0.05, 0.1) is 0 Å². The highest BCUT2D eigenvalue weighted by molar-refractivity contribution is 7.89. The molecule has 1 fully saturated rings. The lowest BCUT2D eigenvalue weighted by Gasteiger charge is -2.13. The Hall–Kier alpha value is -0.660. The van der Waals surface area contributed by atoms with E-state index in [9.17, 15) is 13.2 Å². The van der Waals surface area contributed by atoms with Gasteiger partial charge in [0.25, 0.3) is 0 Å². The summed E-state index contributed by atoms with van der Waals surface area (Å²) >= 11 is 0. The van der Waals surface area contributed by atoms with Gasteiger partial charge in [-0.1, -0.05) is 0 Å². The average Bonchev–Trinajstić information content (AvgIpc) is 2.32. The van der Waals surface area contributed by atoms with Crippen LogP contribution in [-0.4, -0.2) is 48.7 Å². The van der Waals surface area contributed by atoms with Crippen molar-refractivity contribution >= 4 is 16.0 Å². The van der Waals surface area contributed by atoms with Crippen LogP contribution in [0.3, 0.4) is 0 Å². The Morgan fingerprint density at radius 2 is 2.23 bits per heavy atom. The van der Waals surface area contributed by atoms with Gasteiger partial charge >= 0.3 is 5.97 Å². The molecule has 0 unspecified atom stereocenters. The molecule has 0 spiro atoms. The molecule has 0 aliphatic carbocycles. The molecule has 0 aromatic heterocycles. The van der Waals surface area contributed by atoms with E-state index in [4.69, 9.17) is 10.8 Å². The molecule has 0 radical (unpaired) electrons. The molecule has 3 N–H and O–H groups in total. The zero-order valence-electron chi connectivity index (χ0n) is 7.01. The van der Waals surface area contributed by atoms with Crippen molar-refractivity contribution in [1.29, 1.82) is 0 Å². The number of hydrogen-bond donors (Lipinski definition) is 2. The summed E-state index contributed by atoms with van der Waals surface area (Å²) < 4.78 is 23.7. The first-order chi connectivity index (χ1) is 5.92. The standard InChI is InChI=1S/C6H12N2O4S/c7-5-1-2-8(3-5)13(11,12)4-6(9)10/h5H,1-4,7H2,(H,9,10)/t5-/m0/s1. The van der Waals surface area contributed by atoms with Gasteiger partial charge < -0.3 is 10.8 Å². The third-order valence-corrected chi connectivity index (χ3v) is 3.62. The molecule has 1 aliphatic rings. The average molecular weight is 208 g/mol. The number of nitrogens with zero attached hydrogens (tertiary/aromatic N) is 1. The van der Waals surface area contributed by atoms with E-state index < -0.39 is 21.7 Å². The SMILES string of the molecule is N[C@H]1CCN(S(=O)(=O)CC(=O)O)C1. The maximum atomic E-state index is 11.3. The summed E-state index contributed by atoms with van der Waals surface area (Å²) in [5, 5.41) is 8.34. The van der Waals surface area contributed by atoms with Gasteiger partial charge in [-0.25, -0.2) is 8.42 Å². The molecule has 7 heteroatoms. The number of carbonyl (C=O) groups is 1. The Balaban J connectivity index is 2.65. The van der Waals surface area contributed by atoms with Crippen LogP contribution in [0.4, 0.5) is 0 Å². The van der Waals surface area contributed by atoms with Crippen LogP contribution in [0, 0.1) is 0 Å². The molecule has 13 heavy (non-hydrogen) atoms. The largest absolute Gasteiger partial charge is 0.480 e. The van der Waals surface area contributed by atoms with E-state index in [1.54, 1.807) is 0 Å². The van der Waals surface area contributed by atoms with Crippen molar-refractivity contribution in [2.45, 2.75) is 12.5 Å². The minimum atomic E-state index is -3.64. The Morgan fingerprint density at radius 3 is 2.62 bits per heavy atom. The van der Waals surface area contributed by atoms with Crippen molar-refractivity contribution in [2.24, 2.45) is 5.73 Å². The smallest absolute Gasteiger partial charge is 0.320 e. The van der Waals surface area contributed by atoms with Gasteiger partial charge in [-0.15, -0.1) is 0 Å². The van der Waals surface area contributed by atoms with Crippen LogP contribution >= 0.6 is 0 Å². The van der Waals surface area contributed by atoms with Crippen LogP contribution in [0.2, 0.25) is 0 Å². The molecule has 0 aromatic rings. The number of sulfonamides is 1. The normalized spacial score (nSPS) is 24.8. The van der Waals surface area contributed by atoms with Crippen LogP contribution in [-0.2, 0) is 14.8 Å². The van der Waals surface area contributed by atoms with Crippen molar-refractivity contribution in [2.75, 3.05) is 18.8 Å². The lowest BCUT2D eigenvalue weighted by atomic mass is 10.3. The van der Waals surface area contributed by atoms with Gasteiger partial charge in [-0.2, -0.15) is 4.31 Å². The van der Waals surface area contributed by atoms with Gasteiger partial charge in [-0.05, 0) is 6.42 Å². The van der Waals surface area contributed by atoms with E-state index >= 15 is 0 Å². The maximum absolute atomic E-state index is 11.3. The van der Waals surface area contributed by atoms with E-state index in [-0.39, 0.29) is 12.6 Å². The summed E-state index contributed by atoms with van der Waals surface area (Å²) in [5.74, 6) is -2.18. The molecule has 0 aromatic carbocycles. The number of nitrogens with two attached hydrogens (primary N) is 1. The van der Waals surface area contributed by atoms with Crippen molar-refractivity contribution in [3.8, 4) is 0 Å². The van der Waals surface area contributed by atoms with Crippen LogP contribution in [0.1, 0.15) is 6.42 Å². The van der Waals surface area contributed by atoms with Crippen LogP contribution in [0.5, 0.6) is 0 Å². The summed E-state index contributed by atoms with van der Waals surface area (Å²) in [4.78, 5) is 10.2. The van der Waals surface area contributed by atoms with E-state index in [1.165, 1.54) is 0 Å². The Bertz CT molecular complexity index is 300. The molecule has 1 heterocycles. The molecule has 0 saturated carbocycles. The minimum Gasteiger partial charge on any atom is -0.480 e. The fourth-order valence-corrected chi connectivity index (χ4v) is 2.55. The van der Waals surface area contributed by atoms with Gasteiger partial charge in [0.2, 0.25) is 10.0 Å². The van der Waals surface area contributed by atoms with E-state index in [0.717, 1.165) is 4.31 Å². The first-order valence-electron chi connectivity index (χ1n) is 3.87. The van der Waals surface area contributed by atoms with Crippen LogP contribution < -0.4 is 5.73 Å². The van der Waals surface area contributed by atoms with Gasteiger partial charge in [0, 0.05) is 19.1 Å². The number of aliphatic carboxylic acids is 1. The second-order valence-electron chi connectivity index (χ2n) is 3.06. The first-order valence-corrected chi connectivity index (χ1v) is 5.48. The summed E-state index contributed by atoms with van der Waals surface area (Å²) in [6.07, 6.45) is 0.596. The highest BCUT2D eigenvalue weighted by Gasteiger charge is 2.30. The lowest BCUT2D eigenvalue weighted by molar-refractivity contribution is -0.134. The summed E-state index contributed by atoms with van der Waals surface area (Å²) in [5.41, 5.74) is 5.50. The molecule has 0 bridgehead atoms. The highest BCUT2D eigenvalue weighted by atomic mass is 32.2. The van der Waals surface area contributed by atoms with Crippen molar-refractivity contribution in [1.82, 2.24) is 4.31 Å². The predicted molar refractivity (Wildman–Crippen MR) is 45.6 cm³/mol. The predicted octanol–water partition coefficient (Wildman–Crippen LogP) is -1.57. The summed E-state index contributed by atoms with van der Waals surface area (Å²) in [6.45, 7) is 0.562. The Morgan fingerprint density at radius 1 is 1.62 bits per heavy atom. The highest BCUT2D eigenvalue weighted by Crippen LogP contribution is 2.12. The minimum absolute atomic E-state index is 0.163. The molecule has 1 saturated heterocycles. The third-order valence-electron chi connectivity index (χ3n) is 1.89. The summed E-state index contributed by atoms with van der Waals surface area (Å²) in [6, 6.07) is -0.163. The first kappa shape index (κ1) is 10.4. The number of carboxylic acids is 1. The summed E-state index contributed by atoms with van der Waals surface area (Å²) in [7, 11) is -3.64. The zero-order valence-corrected chi connectivity index (χ0v) is 7.83. The third kappa shape index (κ3) is 2.64. The molecule has 1 aliphatic heterocycles. The molecular weight excluding hydrogens is 196 g/mol. The number of rotatable bonds is 3. The molecular formula is C6H12N2O4S. The Labute approximate surface area is 76.4 Å². The quantitative estimate of drug-likeness (QED) is 0.583. The van der Waals surface area contributed by atoms with Crippen molar-refractivity contribution < 1.29 is 18.3 Å². The van der Waals surface area contributed by atoms with E-state index in [1.807, 2.05) is 0 Å². The van der Waals surface area contributed by atoms with Crippen molar-refractivity contribution in [3.63, 3.8) is 0 Å². The topological polar surface area (TPSA) is 101 Å². The fourth-order valence-electron chi connectivity index (χ4n) is 1.25. The number of carboxylic acid groups (broad SMARTS) is 1. The van der Waals surface area contributed by atoms with E-state index in [0.29, 0.717) is 13.0 Å². The fraction of sp³-hybridized carbons (Fsp3) is 0.833. The van der Waals surface area contributed by atoms with Crippen LogP contribution in [0.15, 0.2) is 0 Å². The zero-order chi connectivity index (χ0) is 10.1. The number of hydrogen-bond acceptors (Lipinski definition) is 4. The lowest BCUT2D eigenvalue weighted by Crippen LogP contribution is -2.35. The van der Waals surface area contributed by atoms with E-state index in [2.05, 4.69) is 0 Å². The second kappa shape index (κ2) is 3.60. The molecule has 0 amide bonds. The van der Waals surface area contributed by atoms with Gasteiger partial charge in [0.15, 0.2) is 5.75 Å². The van der Waals surface area contributed by atoms with Gasteiger partial charge in [0.1, 0.15) is 0 Å². The van der Waals surface area contributed by atoms with Gasteiger partial charge in [-0.3, -0.25) is 4.79 Å². The molecule has 1 rings (SSSR count). The molecule has 76 valence electrons. The van der Waals surface area contributed by atoms with Crippen LogP contribution in [0.25, 0.3) is 0 Å². The molecule has 1 atom stereocenters. The Kier molecular flexibility index (Phi) is 2.89. The van der Waals surface area contributed by atoms with Crippen molar-refractivity contribution in [3.05, 3.63) is 0 Å². The second-order valence-corrected chi connectivity index (χ2v) is 5.03. The maximum Gasteiger partial charge on any atom is 0.320 e.